The van der Waals surface area contributed by atoms with E-state index in [4.69, 9.17) is 5.73 Å². The molecule has 0 aliphatic carbocycles. The fraction of sp³-hybridized carbons (Fsp3) is 0.625. The van der Waals surface area contributed by atoms with Crippen LogP contribution >= 0.6 is 0 Å². The van der Waals surface area contributed by atoms with Crippen LogP contribution in [0.2, 0.25) is 0 Å². The number of carbonyl (C=O) groups is 1. The highest BCUT2D eigenvalue weighted by molar-refractivity contribution is 5.98. The smallest absolute Gasteiger partial charge is 0.257 e. The molecular formula is C16H28N4O. The van der Waals surface area contributed by atoms with Crippen LogP contribution in [0.5, 0.6) is 0 Å². The summed E-state index contributed by atoms with van der Waals surface area (Å²) in [5, 5.41) is 0. The number of carbonyl (C=O) groups excluding carboxylic acids is 1. The van der Waals surface area contributed by atoms with Crippen molar-refractivity contribution in [3.63, 3.8) is 0 Å². The predicted octanol–water partition coefficient (Wildman–Crippen LogP) is 2.17. The third kappa shape index (κ3) is 5.01. The van der Waals surface area contributed by atoms with Crippen molar-refractivity contribution >= 4 is 11.6 Å². The van der Waals surface area contributed by atoms with E-state index < -0.39 is 0 Å². The largest absolute Gasteiger partial charge is 0.398 e. The van der Waals surface area contributed by atoms with E-state index in [1.807, 2.05) is 18.7 Å². The summed E-state index contributed by atoms with van der Waals surface area (Å²) in [6.45, 7) is 12.7. The number of aryl methyl sites for hydroxylation is 1. The summed E-state index contributed by atoms with van der Waals surface area (Å²) in [5.41, 5.74) is 7.78. The monoisotopic (exact) mass is 292 g/mol. The van der Waals surface area contributed by atoms with Crippen molar-refractivity contribution in [3.05, 3.63) is 23.5 Å². The summed E-state index contributed by atoms with van der Waals surface area (Å²) in [6, 6.07) is 1.75. The molecule has 0 saturated heterocycles. The third-order valence-corrected chi connectivity index (χ3v) is 3.77. The minimum Gasteiger partial charge on any atom is -0.398 e. The number of nitrogen functional groups attached to an aromatic ring is 1. The number of nitrogens with zero attached hydrogens (tertiary/aromatic N) is 3. The number of hydrogen-bond acceptors (Lipinski definition) is 4. The fourth-order valence-corrected chi connectivity index (χ4v) is 2.36. The molecule has 0 bridgehead atoms. The number of pyridine rings is 1. The first-order valence-corrected chi connectivity index (χ1v) is 7.77. The van der Waals surface area contributed by atoms with Gasteiger partial charge in [-0.2, -0.15) is 0 Å². The van der Waals surface area contributed by atoms with E-state index in [0.29, 0.717) is 17.8 Å². The maximum absolute atomic E-state index is 12.5. The maximum Gasteiger partial charge on any atom is 0.257 e. The van der Waals surface area contributed by atoms with Crippen LogP contribution in [-0.2, 0) is 0 Å². The van der Waals surface area contributed by atoms with Crippen LogP contribution in [-0.4, -0.2) is 53.4 Å². The van der Waals surface area contributed by atoms with Gasteiger partial charge in [0.2, 0.25) is 0 Å². The number of rotatable bonds is 8. The van der Waals surface area contributed by atoms with Crippen LogP contribution in [0, 0.1) is 6.92 Å². The molecule has 1 amide bonds. The number of amides is 1. The van der Waals surface area contributed by atoms with Gasteiger partial charge >= 0.3 is 0 Å². The zero-order valence-corrected chi connectivity index (χ0v) is 13.7. The van der Waals surface area contributed by atoms with Crippen LogP contribution in [0.3, 0.4) is 0 Å². The second-order valence-electron chi connectivity index (χ2n) is 5.18. The molecule has 1 aromatic rings. The molecule has 5 heteroatoms. The summed E-state index contributed by atoms with van der Waals surface area (Å²) in [6.07, 6.45) is 2.56. The van der Waals surface area contributed by atoms with Gasteiger partial charge in [-0.15, -0.1) is 0 Å². The van der Waals surface area contributed by atoms with Gasteiger partial charge in [-0.05, 0) is 46.0 Å². The Balaban J connectivity index is 2.64. The van der Waals surface area contributed by atoms with E-state index in [9.17, 15) is 4.79 Å². The van der Waals surface area contributed by atoms with E-state index in [1.54, 1.807) is 12.3 Å². The van der Waals surface area contributed by atoms with E-state index >= 15 is 0 Å². The van der Waals surface area contributed by atoms with Crippen molar-refractivity contribution in [3.8, 4) is 0 Å². The lowest BCUT2D eigenvalue weighted by atomic mass is 10.2. The zero-order valence-electron chi connectivity index (χ0n) is 13.7. The van der Waals surface area contributed by atoms with E-state index in [2.05, 4.69) is 23.7 Å². The fourth-order valence-electron chi connectivity index (χ4n) is 2.36. The van der Waals surface area contributed by atoms with Crippen molar-refractivity contribution in [1.29, 1.82) is 0 Å². The van der Waals surface area contributed by atoms with Crippen LogP contribution < -0.4 is 5.73 Å². The number of aromatic nitrogens is 1. The quantitative estimate of drug-likeness (QED) is 0.797. The molecule has 0 unspecified atom stereocenters. The summed E-state index contributed by atoms with van der Waals surface area (Å²) in [5.74, 6) is -0.0259. The van der Waals surface area contributed by atoms with Crippen molar-refractivity contribution in [2.24, 2.45) is 0 Å². The Bertz CT molecular complexity index is 458. The van der Waals surface area contributed by atoms with Gasteiger partial charge in [0.1, 0.15) is 0 Å². The molecule has 21 heavy (non-hydrogen) atoms. The Morgan fingerprint density at radius 2 is 1.86 bits per heavy atom. The Labute approximate surface area is 128 Å². The van der Waals surface area contributed by atoms with Gasteiger partial charge in [0, 0.05) is 30.7 Å². The Morgan fingerprint density at radius 3 is 2.38 bits per heavy atom. The Morgan fingerprint density at radius 1 is 1.19 bits per heavy atom. The maximum atomic E-state index is 12.5. The molecule has 1 rings (SSSR count). The first kappa shape index (κ1) is 17.4. The zero-order chi connectivity index (χ0) is 15.8. The first-order chi connectivity index (χ1) is 10.0. The molecule has 5 nitrogen and oxygen atoms in total. The third-order valence-electron chi connectivity index (χ3n) is 3.77. The summed E-state index contributed by atoms with van der Waals surface area (Å²) >= 11 is 0. The van der Waals surface area contributed by atoms with Crippen LogP contribution in [0.1, 0.15) is 43.2 Å². The first-order valence-electron chi connectivity index (χ1n) is 7.77. The van der Waals surface area contributed by atoms with E-state index in [1.165, 1.54) is 0 Å². The molecule has 1 heterocycles. The highest BCUT2D eigenvalue weighted by atomic mass is 16.2. The summed E-state index contributed by atoms with van der Waals surface area (Å²) < 4.78 is 0. The molecule has 118 valence electrons. The lowest BCUT2D eigenvalue weighted by Gasteiger charge is -2.24. The molecule has 0 aromatic carbocycles. The second kappa shape index (κ2) is 8.62. The molecule has 0 aliphatic rings. The molecule has 0 spiro atoms. The average molecular weight is 292 g/mol. The summed E-state index contributed by atoms with van der Waals surface area (Å²) in [4.78, 5) is 20.9. The minimum absolute atomic E-state index is 0.0259. The van der Waals surface area contributed by atoms with Crippen molar-refractivity contribution < 1.29 is 4.79 Å². The Kier molecular flexibility index (Phi) is 7.15. The summed E-state index contributed by atoms with van der Waals surface area (Å²) in [7, 11) is 0. The molecule has 0 radical (unpaired) electrons. The highest BCUT2D eigenvalue weighted by Gasteiger charge is 2.17. The lowest BCUT2D eigenvalue weighted by Crippen LogP contribution is -2.34. The van der Waals surface area contributed by atoms with Gasteiger partial charge < -0.3 is 15.5 Å². The minimum atomic E-state index is -0.0259. The molecular weight excluding hydrogens is 264 g/mol. The predicted molar refractivity (Wildman–Crippen MR) is 87.4 cm³/mol. The highest BCUT2D eigenvalue weighted by Crippen LogP contribution is 2.14. The number of hydrogen-bond donors (Lipinski definition) is 1. The molecule has 0 saturated carbocycles. The molecule has 0 aliphatic heterocycles. The van der Waals surface area contributed by atoms with Gasteiger partial charge in [0.25, 0.3) is 5.91 Å². The number of anilines is 1. The van der Waals surface area contributed by atoms with E-state index in [-0.39, 0.29) is 5.91 Å². The van der Waals surface area contributed by atoms with Gasteiger partial charge in [-0.1, -0.05) is 13.8 Å². The van der Waals surface area contributed by atoms with Crippen molar-refractivity contribution in [1.82, 2.24) is 14.8 Å². The SMILES string of the molecule is CCN(CC)CCCN(CC)C(=O)c1cnc(C)cc1N. The normalized spacial score (nSPS) is 10.9. The Hall–Kier alpha value is -1.62. The van der Waals surface area contributed by atoms with Crippen LogP contribution in [0.25, 0.3) is 0 Å². The van der Waals surface area contributed by atoms with Crippen molar-refractivity contribution in [2.75, 3.05) is 38.5 Å². The van der Waals surface area contributed by atoms with Gasteiger partial charge in [-0.25, -0.2) is 0 Å². The van der Waals surface area contributed by atoms with Gasteiger partial charge in [-0.3, -0.25) is 9.78 Å². The van der Waals surface area contributed by atoms with Gasteiger partial charge in [0.15, 0.2) is 0 Å². The van der Waals surface area contributed by atoms with E-state index in [0.717, 1.165) is 38.3 Å². The molecule has 0 atom stereocenters. The topological polar surface area (TPSA) is 62.5 Å². The van der Waals surface area contributed by atoms with Crippen molar-refractivity contribution in [2.45, 2.75) is 34.1 Å². The van der Waals surface area contributed by atoms with Gasteiger partial charge in [0.05, 0.1) is 5.56 Å². The molecule has 1 aromatic heterocycles. The molecule has 0 fully saturated rings. The standard InChI is InChI=1S/C16H28N4O/c1-5-19(6-2)9-8-10-20(7-3)16(21)14-12-18-13(4)11-15(14)17/h11-12H,5-10H2,1-4H3,(H2,17,18). The average Bonchev–Trinajstić information content (AvgIpc) is 2.47. The molecule has 2 N–H and O–H groups in total. The van der Waals surface area contributed by atoms with Crippen LogP contribution in [0.4, 0.5) is 5.69 Å². The van der Waals surface area contributed by atoms with Crippen LogP contribution in [0.15, 0.2) is 12.3 Å². The second-order valence-corrected chi connectivity index (χ2v) is 5.18. The lowest BCUT2D eigenvalue weighted by molar-refractivity contribution is 0.0758. The number of nitrogens with two attached hydrogens (primary N) is 1.